The molecule has 3 unspecified atom stereocenters. The third-order valence-electron chi connectivity index (χ3n) is 5.71. The monoisotopic (exact) mass is 425 g/mol. The van der Waals surface area contributed by atoms with Crippen LogP contribution in [0.4, 0.5) is 0 Å². The largest absolute Gasteiger partial charge is 0.387 e. The summed E-state index contributed by atoms with van der Waals surface area (Å²) in [5.74, 6) is 0. The van der Waals surface area contributed by atoms with Crippen molar-refractivity contribution in [2.75, 3.05) is 12.5 Å². The number of hydrogen-bond donors (Lipinski definition) is 3. The van der Waals surface area contributed by atoms with Gasteiger partial charge in [0.15, 0.2) is 0 Å². The van der Waals surface area contributed by atoms with Gasteiger partial charge in [0, 0.05) is 24.2 Å². The van der Waals surface area contributed by atoms with Gasteiger partial charge in [-0.2, -0.15) is 5.10 Å². The fourth-order valence-electron chi connectivity index (χ4n) is 4.33. The highest BCUT2D eigenvalue weighted by molar-refractivity contribution is 7.99. The number of fused-ring (bicyclic) bond motifs is 1. The molecular formula is C24H31N3O2S. The highest BCUT2D eigenvalue weighted by Crippen LogP contribution is 2.31. The number of rotatable bonds is 6. The molecule has 5 nitrogen and oxygen atoms in total. The number of aromatic nitrogens is 2. The van der Waals surface area contributed by atoms with Gasteiger partial charge in [-0.3, -0.25) is 13.6 Å². The third kappa shape index (κ3) is 4.72. The van der Waals surface area contributed by atoms with E-state index < -0.39 is 16.2 Å². The molecule has 1 aliphatic rings. The lowest BCUT2D eigenvalue weighted by Crippen LogP contribution is -2.47. The molecule has 0 bridgehead atoms. The third-order valence-corrected chi connectivity index (χ3v) is 6.66. The second-order valence-electron chi connectivity index (χ2n) is 8.64. The first-order valence-electron chi connectivity index (χ1n) is 10.5. The molecule has 0 saturated heterocycles. The van der Waals surface area contributed by atoms with Crippen molar-refractivity contribution in [3.05, 3.63) is 77.6 Å². The first-order valence-corrected chi connectivity index (χ1v) is 13.1. The van der Waals surface area contributed by atoms with Crippen LogP contribution < -0.4 is 4.72 Å². The van der Waals surface area contributed by atoms with E-state index in [4.69, 9.17) is 5.10 Å². The Morgan fingerprint density at radius 1 is 1.13 bits per heavy atom. The van der Waals surface area contributed by atoms with Crippen LogP contribution in [-0.2, 0) is 23.0 Å². The average molecular weight is 426 g/mol. The van der Waals surface area contributed by atoms with Gasteiger partial charge in [-0.05, 0) is 48.9 Å². The Balaban J connectivity index is 1.68. The van der Waals surface area contributed by atoms with Crippen molar-refractivity contribution in [3.8, 4) is 11.1 Å². The van der Waals surface area contributed by atoms with Gasteiger partial charge in [-0.1, -0.05) is 64.7 Å². The molecule has 30 heavy (non-hydrogen) atoms. The Labute approximate surface area is 179 Å². The van der Waals surface area contributed by atoms with Crippen LogP contribution >= 0.6 is 0 Å². The molecule has 0 radical (unpaired) electrons. The van der Waals surface area contributed by atoms with E-state index in [1.807, 2.05) is 16.8 Å². The van der Waals surface area contributed by atoms with Crippen molar-refractivity contribution in [2.45, 2.75) is 44.4 Å². The highest BCUT2D eigenvalue weighted by Gasteiger charge is 2.32. The van der Waals surface area contributed by atoms with E-state index in [0.717, 1.165) is 25.0 Å². The summed E-state index contributed by atoms with van der Waals surface area (Å²) in [6.45, 7) is 1.74. The number of benzene rings is 2. The zero-order chi connectivity index (χ0) is 21.3. The van der Waals surface area contributed by atoms with Crippen molar-refractivity contribution in [1.29, 1.82) is 0 Å². The predicted octanol–water partition coefficient (Wildman–Crippen LogP) is 3.48. The number of thiol groups is 1. The lowest BCUT2D eigenvalue weighted by atomic mass is 9.91. The number of nitrogens with zero attached hydrogens (tertiary/aromatic N) is 2. The summed E-state index contributed by atoms with van der Waals surface area (Å²) in [7, 11) is -2.40. The number of nitrogens with one attached hydrogen (secondary N) is 1. The molecule has 0 amide bonds. The van der Waals surface area contributed by atoms with Gasteiger partial charge in [-0.15, -0.1) is 0 Å². The van der Waals surface area contributed by atoms with Gasteiger partial charge >= 0.3 is 0 Å². The fraction of sp³-hybridized carbons (Fsp3) is 0.375. The van der Waals surface area contributed by atoms with E-state index in [-0.39, 0.29) is 12.1 Å². The van der Waals surface area contributed by atoms with Crippen LogP contribution in [-0.4, -0.2) is 37.6 Å². The van der Waals surface area contributed by atoms with Crippen LogP contribution in [0.3, 0.4) is 0 Å². The van der Waals surface area contributed by atoms with Crippen LogP contribution in [0.2, 0.25) is 0 Å². The van der Waals surface area contributed by atoms with Crippen LogP contribution in [0.5, 0.6) is 0 Å². The first-order chi connectivity index (χ1) is 14.3. The van der Waals surface area contributed by atoms with E-state index in [1.165, 1.54) is 16.7 Å². The molecule has 3 aromatic rings. The van der Waals surface area contributed by atoms with Gasteiger partial charge in [0.1, 0.15) is 0 Å². The normalized spacial score (nSPS) is 20.5. The Kier molecular flexibility index (Phi) is 5.91. The van der Waals surface area contributed by atoms with Crippen molar-refractivity contribution < 1.29 is 9.32 Å². The molecule has 4 rings (SSSR count). The van der Waals surface area contributed by atoms with Gasteiger partial charge in [-0.25, -0.2) is 0 Å². The second-order valence-corrected chi connectivity index (χ2v) is 11.6. The molecule has 3 atom stereocenters. The molecule has 0 fully saturated rings. The maximum Gasteiger partial charge on any atom is 0.0950 e. The Hall–Kier alpha value is -2.28. The van der Waals surface area contributed by atoms with Gasteiger partial charge in [0.2, 0.25) is 0 Å². The molecule has 0 spiro atoms. The molecular weight excluding hydrogens is 394 g/mol. The summed E-state index contributed by atoms with van der Waals surface area (Å²) >= 11 is 0. The lowest BCUT2D eigenvalue weighted by Gasteiger charge is -2.36. The summed E-state index contributed by atoms with van der Waals surface area (Å²) < 4.78 is 18.0. The number of aryl methyl sites for hydroxylation is 1. The minimum absolute atomic E-state index is 0.0421. The zero-order valence-electron chi connectivity index (χ0n) is 17.8. The average Bonchev–Trinajstić information content (AvgIpc) is 3.15. The van der Waals surface area contributed by atoms with Crippen molar-refractivity contribution in [2.24, 2.45) is 0 Å². The van der Waals surface area contributed by atoms with E-state index in [1.54, 1.807) is 19.4 Å². The standard InChI is InChI=1S/C24H31N3O2S/c1-17(28)23-16-21-12-13-22(26-30(2,3)29)24(27(21)25-23)15-18-8-7-11-20(14-18)19-9-5-4-6-10-19/h4-11,14,16-17,22,24,28,30H,12-13,15H2,1-3H3,(H,26,29). The molecule has 160 valence electrons. The van der Waals surface area contributed by atoms with E-state index in [9.17, 15) is 9.32 Å². The Bertz CT molecular complexity index is 1060. The Morgan fingerprint density at radius 3 is 2.57 bits per heavy atom. The van der Waals surface area contributed by atoms with E-state index >= 15 is 0 Å². The van der Waals surface area contributed by atoms with Crippen LogP contribution in [0.15, 0.2) is 60.7 Å². The van der Waals surface area contributed by atoms with Gasteiger partial charge < -0.3 is 5.11 Å². The summed E-state index contributed by atoms with van der Waals surface area (Å²) in [4.78, 5) is 0. The van der Waals surface area contributed by atoms with E-state index in [0.29, 0.717) is 5.69 Å². The smallest absolute Gasteiger partial charge is 0.0950 e. The van der Waals surface area contributed by atoms with Crippen molar-refractivity contribution in [3.63, 3.8) is 0 Å². The molecule has 1 aromatic heterocycles. The van der Waals surface area contributed by atoms with Crippen molar-refractivity contribution >= 4 is 10.1 Å². The fourth-order valence-corrected chi connectivity index (χ4v) is 5.43. The SMILES string of the molecule is CC(O)c1cc2n(n1)C(Cc1cccc(-c3ccccc3)c1)C(N[SH](C)(C)=O)CC2. The molecule has 6 heteroatoms. The highest BCUT2D eigenvalue weighted by atomic mass is 32.3. The molecule has 2 heterocycles. The Morgan fingerprint density at radius 2 is 1.87 bits per heavy atom. The minimum atomic E-state index is -2.40. The quantitative estimate of drug-likeness (QED) is 0.530. The van der Waals surface area contributed by atoms with Gasteiger partial charge in [0.05, 0.1) is 17.8 Å². The predicted molar refractivity (Wildman–Crippen MR) is 124 cm³/mol. The second kappa shape index (κ2) is 8.46. The summed E-state index contributed by atoms with van der Waals surface area (Å²) in [6, 6.07) is 21.1. The molecule has 1 aliphatic heterocycles. The molecule has 2 aromatic carbocycles. The van der Waals surface area contributed by atoms with E-state index in [2.05, 4.69) is 53.3 Å². The topological polar surface area (TPSA) is 67.2 Å². The summed E-state index contributed by atoms with van der Waals surface area (Å²) in [5.41, 5.74) is 5.44. The first kappa shape index (κ1) is 21.0. The number of aliphatic hydroxyl groups is 1. The molecule has 0 aliphatic carbocycles. The maximum absolute atomic E-state index is 12.6. The number of hydrogen-bond acceptors (Lipinski definition) is 3. The lowest BCUT2D eigenvalue weighted by molar-refractivity contribution is 0.191. The maximum atomic E-state index is 12.6. The zero-order valence-corrected chi connectivity index (χ0v) is 18.7. The summed E-state index contributed by atoms with van der Waals surface area (Å²) in [5, 5.41) is 14.8. The van der Waals surface area contributed by atoms with Crippen molar-refractivity contribution in [1.82, 2.24) is 14.5 Å². The van der Waals surface area contributed by atoms with Crippen LogP contribution in [0.1, 0.15) is 42.4 Å². The molecule has 2 N–H and O–H groups in total. The van der Waals surface area contributed by atoms with Crippen LogP contribution in [0, 0.1) is 0 Å². The van der Waals surface area contributed by atoms with Gasteiger partial charge in [0.25, 0.3) is 0 Å². The summed E-state index contributed by atoms with van der Waals surface area (Å²) in [6.07, 6.45) is 5.50. The van der Waals surface area contributed by atoms with Crippen LogP contribution in [0.25, 0.3) is 11.1 Å². The molecule has 0 saturated carbocycles. The number of aliphatic hydroxyl groups excluding tert-OH is 1. The minimum Gasteiger partial charge on any atom is -0.387 e.